The number of hydrogen-bond donors (Lipinski definition) is 2. The van der Waals surface area contributed by atoms with Gasteiger partial charge in [0, 0.05) is 31.7 Å². The lowest BCUT2D eigenvalue weighted by atomic mass is 10.2. The van der Waals surface area contributed by atoms with Gasteiger partial charge in [-0.2, -0.15) is 0 Å². The quantitative estimate of drug-likeness (QED) is 0.815. The number of hydrogen-bond acceptors (Lipinski definition) is 5. The molecule has 0 saturated carbocycles. The topological polar surface area (TPSA) is 84.7 Å². The van der Waals surface area contributed by atoms with Gasteiger partial charge in [-0.15, -0.1) is 5.10 Å². The Bertz CT molecular complexity index is 551. The summed E-state index contributed by atoms with van der Waals surface area (Å²) in [5, 5.41) is 13.3. The summed E-state index contributed by atoms with van der Waals surface area (Å²) < 4.78 is 1.66. The predicted octanol–water partition coefficient (Wildman–Crippen LogP) is 0.453. The first-order valence-corrected chi connectivity index (χ1v) is 5.97. The number of nitrogens with zero attached hydrogens (tertiary/aromatic N) is 4. The summed E-state index contributed by atoms with van der Waals surface area (Å²) >= 11 is 0. The average Bonchev–Trinajstić information content (AvgIpc) is 2.91. The van der Waals surface area contributed by atoms with E-state index in [0.29, 0.717) is 18.7 Å². The highest BCUT2D eigenvalue weighted by Crippen LogP contribution is 2.14. The molecule has 0 aliphatic heterocycles. The molecule has 2 heterocycles. The second kappa shape index (κ2) is 5.94. The first kappa shape index (κ1) is 13.0. The van der Waals surface area contributed by atoms with E-state index in [9.17, 15) is 4.79 Å². The van der Waals surface area contributed by atoms with Crippen LogP contribution in [0.5, 0.6) is 0 Å². The minimum absolute atomic E-state index is 0.156. The largest absolute Gasteiger partial charge is 0.387 e. The van der Waals surface area contributed by atoms with Crippen molar-refractivity contribution in [1.82, 2.24) is 25.3 Å². The van der Waals surface area contributed by atoms with E-state index < -0.39 is 0 Å². The lowest BCUT2D eigenvalue weighted by molar-refractivity contribution is 0.0952. The van der Waals surface area contributed by atoms with E-state index in [1.807, 2.05) is 13.0 Å². The van der Waals surface area contributed by atoms with Gasteiger partial charge in [-0.05, 0) is 13.0 Å². The van der Waals surface area contributed by atoms with Crippen LogP contribution in [0.1, 0.15) is 16.1 Å². The summed E-state index contributed by atoms with van der Waals surface area (Å²) in [6.07, 6.45) is 4.93. The molecule has 0 spiro atoms. The van der Waals surface area contributed by atoms with E-state index in [-0.39, 0.29) is 5.91 Å². The van der Waals surface area contributed by atoms with Crippen molar-refractivity contribution in [1.29, 1.82) is 0 Å². The highest BCUT2D eigenvalue weighted by atomic mass is 16.1. The van der Waals surface area contributed by atoms with Crippen molar-refractivity contribution in [2.24, 2.45) is 0 Å². The zero-order chi connectivity index (χ0) is 13.7. The molecule has 100 valence electrons. The van der Waals surface area contributed by atoms with E-state index in [4.69, 9.17) is 0 Å². The third-order valence-electron chi connectivity index (χ3n) is 2.65. The monoisotopic (exact) mass is 260 g/mol. The number of nitrogens with one attached hydrogen (secondary N) is 2. The third kappa shape index (κ3) is 3.27. The van der Waals surface area contributed by atoms with Crippen molar-refractivity contribution in [3.8, 4) is 0 Å². The normalized spacial score (nSPS) is 10.2. The summed E-state index contributed by atoms with van der Waals surface area (Å²) in [6, 6.07) is 1.84. The van der Waals surface area contributed by atoms with Gasteiger partial charge in [-0.1, -0.05) is 5.21 Å². The highest BCUT2D eigenvalue weighted by Gasteiger charge is 2.11. The van der Waals surface area contributed by atoms with Crippen LogP contribution in [0, 0.1) is 6.92 Å². The zero-order valence-corrected chi connectivity index (χ0v) is 10.9. The molecule has 2 rings (SSSR count). The van der Waals surface area contributed by atoms with Crippen LogP contribution in [0.3, 0.4) is 0 Å². The Morgan fingerprint density at radius 2 is 2.32 bits per heavy atom. The zero-order valence-electron chi connectivity index (χ0n) is 10.9. The minimum atomic E-state index is -0.156. The third-order valence-corrected chi connectivity index (χ3v) is 2.65. The van der Waals surface area contributed by atoms with Gasteiger partial charge in [-0.3, -0.25) is 14.5 Å². The van der Waals surface area contributed by atoms with Crippen molar-refractivity contribution in [2.45, 2.75) is 13.5 Å². The molecule has 0 aliphatic rings. The molecular formula is C12H16N6O. The lowest BCUT2D eigenvalue weighted by Gasteiger charge is -2.10. The summed E-state index contributed by atoms with van der Waals surface area (Å²) in [4.78, 5) is 16.2. The van der Waals surface area contributed by atoms with E-state index in [0.717, 1.165) is 11.4 Å². The maximum Gasteiger partial charge on any atom is 0.255 e. The Kier molecular flexibility index (Phi) is 4.07. The fourth-order valence-corrected chi connectivity index (χ4v) is 1.68. The van der Waals surface area contributed by atoms with Gasteiger partial charge in [0.15, 0.2) is 0 Å². The molecule has 7 heteroatoms. The summed E-state index contributed by atoms with van der Waals surface area (Å²) in [7, 11) is 1.78. The number of carbonyl (C=O) groups is 1. The SMILES string of the molecule is CNc1cc(C)ncc1C(=O)NCCn1ccnn1. The van der Waals surface area contributed by atoms with Gasteiger partial charge in [0.25, 0.3) is 5.91 Å². The van der Waals surface area contributed by atoms with Crippen LogP contribution in [0.15, 0.2) is 24.7 Å². The molecular weight excluding hydrogens is 244 g/mol. The number of carbonyl (C=O) groups excluding carboxylic acids is 1. The van der Waals surface area contributed by atoms with Gasteiger partial charge in [0.2, 0.25) is 0 Å². The molecule has 0 fully saturated rings. The number of anilines is 1. The summed E-state index contributed by atoms with van der Waals surface area (Å²) in [5.74, 6) is -0.156. The van der Waals surface area contributed by atoms with Crippen molar-refractivity contribution in [2.75, 3.05) is 18.9 Å². The predicted molar refractivity (Wildman–Crippen MR) is 70.9 cm³/mol. The maximum absolute atomic E-state index is 12.0. The van der Waals surface area contributed by atoms with Gasteiger partial charge in [0.1, 0.15) is 0 Å². The van der Waals surface area contributed by atoms with Crippen molar-refractivity contribution >= 4 is 11.6 Å². The van der Waals surface area contributed by atoms with Crippen LogP contribution in [-0.4, -0.2) is 39.5 Å². The molecule has 2 N–H and O–H groups in total. The van der Waals surface area contributed by atoms with Crippen LogP contribution in [0.2, 0.25) is 0 Å². The Morgan fingerprint density at radius 3 is 3.00 bits per heavy atom. The standard InChI is InChI=1S/C12H16N6O/c1-9-7-11(13-2)10(8-15-9)12(19)14-3-5-18-6-4-16-17-18/h4,6-8H,3,5H2,1-2H3,(H,13,15)(H,14,19). The van der Waals surface area contributed by atoms with Crippen molar-refractivity contribution in [3.63, 3.8) is 0 Å². The molecule has 2 aromatic rings. The van der Waals surface area contributed by atoms with E-state index in [1.165, 1.54) is 0 Å². The number of aromatic nitrogens is 4. The van der Waals surface area contributed by atoms with Crippen LogP contribution < -0.4 is 10.6 Å². The Morgan fingerprint density at radius 1 is 1.47 bits per heavy atom. The molecule has 0 atom stereocenters. The van der Waals surface area contributed by atoms with Crippen molar-refractivity contribution < 1.29 is 4.79 Å². The molecule has 0 aliphatic carbocycles. The van der Waals surface area contributed by atoms with Gasteiger partial charge in [0.05, 0.1) is 24.0 Å². The summed E-state index contributed by atoms with van der Waals surface area (Å²) in [6.45, 7) is 2.95. The van der Waals surface area contributed by atoms with Crippen LogP contribution >= 0.6 is 0 Å². The smallest absolute Gasteiger partial charge is 0.255 e. The van der Waals surface area contributed by atoms with Crippen LogP contribution in [-0.2, 0) is 6.54 Å². The van der Waals surface area contributed by atoms with E-state index in [1.54, 1.807) is 30.3 Å². The first-order chi connectivity index (χ1) is 9.20. The Hall–Kier alpha value is -2.44. The van der Waals surface area contributed by atoms with Crippen LogP contribution in [0.25, 0.3) is 0 Å². The number of aryl methyl sites for hydroxylation is 1. The van der Waals surface area contributed by atoms with Gasteiger partial charge < -0.3 is 10.6 Å². The minimum Gasteiger partial charge on any atom is -0.387 e. The molecule has 7 nitrogen and oxygen atoms in total. The van der Waals surface area contributed by atoms with Crippen molar-refractivity contribution in [3.05, 3.63) is 35.9 Å². The number of rotatable bonds is 5. The lowest BCUT2D eigenvalue weighted by Crippen LogP contribution is -2.28. The molecule has 0 bridgehead atoms. The molecule has 0 radical (unpaired) electrons. The Labute approximate surface area is 111 Å². The van der Waals surface area contributed by atoms with Gasteiger partial charge >= 0.3 is 0 Å². The highest BCUT2D eigenvalue weighted by molar-refractivity contribution is 5.99. The molecule has 19 heavy (non-hydrogen) atoms. The maximum atomic E-state index is 12.0. The molecule has 1 amide bonds. The van der Waals surface area contributed by atoms with E-state index in [2.05, 4.69) is 25.9 Å². The molecule has 0 aromatic carbocycles. The fraction of sp³-hybridized carbons (Fsp3) is 0.333. The Balaban J connectivity index is 1.96. The van der Waals surface area contributed by atoms with Crippen LogP contribution in [0.4, 0.5) is 5.69 Å². The molecule has 0 unspecified atom stereocenters. The number of amides is 1. The number of pyridine rings is 1. The van der Waals surface area contributed by atoms with Gasteiger partial charge in [-0.25, -0.2) is 0 Å². The second-order valence-corrected chi connectivity index (χ2v) is 4.04. The van der Waals surface area contributed by atoms with E-state index >= 15 is 0 Å². The average molecular weight is 260 g/mol. The first-order valence-electron chi connectivity index (χ1n) is 5.97. The molecule has 0 saturated heterocycles. The second-order valence-electron chi connectivity index (χ2n) is 4.04. The fourth-order valence-electron chi connectivity index (χ4n) is 1.68. The molecule has 2 aromatic heterocycles. The summed E-state index contributed by atoms with van der Waals surface area (Å²) in [5.41, 5.74) is 2.17.